The minimum Gasteiger partial charge on any atom is -0.460 e. The molecule has 6 heteroatoms. The highest BCUT2D eigenvalue weighted by atomic mass is 16.6. The van der Waals surface area contributed by atoms with Crippen molar-refractivity contribution in [2.45, 2.75) is 108 Å². The molecule has 3 unspecified atom stereocenters. The molecule has 34 heavy (non-hydrogen) atoms. The van der Waals surface area contributed by atoms with E-state index in [1.165, 1.54) is 0 Å². The van der Waals surface area contributed by atoms with Gasteiger partial charge in [-0.05, 0) is 94.5 Å². The molecular formula is C28H38O6. The van der Waals surface area contributed by atoms with E-state index in [9.17, 15) is 19.8 Å². The topological polar surface area (TPSA) is 96.4 Å². The molecule has 2 aliphatic heterocycles. The molecule has 0 amide bonds. The van der Waals surface area contributed by atoms with Crippen molar-refractivity contribution in [2.24, 2.45) is 39.9 Å². The van der Waals surface area contributed by atoms with E-state index in [0.29, 0.717) is 31.1 Å². The third kappa shape index (κ3) is 2.11. The number of ketones is 1. The molecule has 186 valence electrons. The van der Waals surface area contributed by atoms with Crippen LogP contribution in [-0.2, 0) is 19.1 Å². The number of allylic oxidation sites excluding steroid dienone is 1. The Balaban J connectivity index is 1.24. The highest BCUT2D eigenvalue weighted by molar-refractivity contribution is 5.97. The Kier molecular flexibility index (Phi) is 3.88. The number of fused-ring (bicyclic) bond motifs is 6. The first-order valence-corrected chi connectivity index (χ1v) is 13.4. The predicted molar refractivity (Wildman–Crippen MR) is 122 cm³/mol. The lowest BCUT2D eigenvalue weighted by Gasteiger charge is -2.59. The molecule has 12 atom stereocenters. The Hall–Kier alpha value is -1.24. The molecule has 2 N–H and O–H groups in total. The molecule has 1 spiro atoms. The third-order valence-corrected chi connectivity index (χ3v) is 13.0. The SMILES string of the molecule is C[C@@]12C[C@@H](OC(=O)[C@]1(C)O)[C@@H]([C@]1(O)CCC3C4C[C@H]5O[C@]56CC=CC(=O)[C@]6(C)C4CC[C@@]31C)C2. The normalized spacial score (nSPS) is 63.5. The molecule has 0 aromatic rings. The maximum atomic E-state index is 13.3. The molecule has 0 aromatic heterocycles. The molecule has 5 aliphatic carbocycles. The maximum absolute atomic E-state index is 13.3. The zero-order valence-corrected chi connectivity index (χ0v) is 20.8. The smallest absolute Gasteiger partial charge is 0.338 e. The van der Waals surface area contributed by atoms with Crippen LogP contribution in [0.1, 0.15) is 79.1 Å². The monoisotopic (exact) mass is 470 g/mol. The maximum Gasteiger partial charge on any atom is 0.338 e. The standard InChI is InChI=1S/C28H38O6/c1-23-13-18(19(14-23)33-22(30)26(23,4)31)27(32)11-8-16-15-12-21-28(34-21)9-5-6-20(29)25(28,3)17(15)7-10-24(16,27)2/h5-6,15-19,21,31-32H,7-14H2,1-4H3/t15?,16?,17?,18-,19+,21+,23+,24-,25-,26-,27+,28+/m0/s1. The summed E-state index contributed by atoms with van der Waals surface area (Å²) < 4.78 is 12.1. The van der Waals surface area contributed by atoms with Gasteiger partial charge in [-0.3, -0.25) is 4.79 Å². The fourth-order valence-electron chi connectivity index (χ4n) is 10.5. The second-order valence-electron chi connectivity index (χ2n) is 13.8. The van der Waals surface area contributed by atoms with Crippen molar-refractivity contribution >= 4 is 11.8 Å². The van der Waals surface area contributed by atoms with Crippen molar-refractivity contribution in [1.29, 1.82) is 0 Å². The van der Waals surface area contributed by atoms with Crippen LogP contribution in [0.2, 0.25) is 0 Å². The lowest BCUT2D eigenvalue weighted by Crippen LogP contribution is -2.62. The van der Waals surface area contributed by atoms with Crippen LogP contribution in [0.4, 0.5) is 0 Å². The van der Waals surface area contributed by atoms with E-state index in [1.807, 2.05) is 13.0 Å². The zero-order valence-electron chi connectivity index (χ0n) is 20.8. The number of esters is 1. The van der Waals surface area contributed by atoms with Crippen LogP contribution in [0.3, 0.4) is 0 Å². The van der Waals surface area contributed by atoms with Gasteiger partial charge in [0.25, 0.3) is 0 Å². The van der Waals surface area contributed by atoms with E-state index in [1.54, 1.807) is 13.0 Å². The Bertz CT molecular complexity index is 1030. The molecule has 0 aromatic carbocycles. The molecule has 2 bridgehead atoms. The minimum absolute atomic E-state index is 0.143. The summed E-state index contributed by atoms with van der Waals surface area (Å²) in [6, 6.07) is 0. The summed E-state index contributed by atoms with van der Waals surface area (Å²) in [5, 5.41) is 23.5. The Morgan fingerprint density at radius 3 is 2.47 bits per heavy atom. The van der Waals surface area contributed by atoms with E-state index in [2.05, 4.69) is 13.8 Å². The van der Waals surface area contributed by atoms with E-state index in [-0.39, 0.29) is 40.8 Å². The number of epoxide rings is 1. The summed E-state index contributed by atoms with van der Waals surface area (Å²) in [7, 11) is 0. The number of hydrogen-bond donors (Lipinski definition) is 2. The van der Waals surface area contributed by atoms with Crippen molar-refractivity contribution < 1.29 is 29.3 Å². The number of ether oxygens (including phenoxy) is 2. The molecule has 4 saturated carbocycles. The van der Waals surface area contributed by atoms with Crippen LogP contribution < -0.4 is 0 Å². The van der Waals surface area contributed by atoms with Gasteiger partial charge in [0, 0.05) is 11.3 Å². The van der Waals surface area contributed by atoms with Gasteiger partial charge in [-0.1, -0.05) is 19.9 Å². The van der Waals surface area contributed by atoms with Crippen molar-refractivity contribution in [2.75, 3.05) is 0 Å². The van der Waals surface area contributed by atoms with Gasteiger partial charge >= 0.3 is 5.97 Å². The lowest BCUT2D eigenvalue weighted by atomic mass is 9.44. The van der Waals surface area contributed by atoms with Crippen LogP contribution in [0.25, 0.3) is 0 Å². The summed E-state index contributed by atoms with van der Waals surface area (Å²) in [6.45, 7) is 7.96. The average molecular weight is 471 g/mol. The first-order valence-electron chi connectivity index (χ1n) is 13.4. The van der Waals surface area contributed by atoms with Crippen LogP contribution >= 0.6 is 0 Å². The van der Waals surface area contributed by atoms with Crippen LogP contribution in [0, 0.1) is 39.9 Å². The van der Waals surface area contributed by atoms with Crippen molar-refractivity contribution in [3.63, 3.8) is 0 Å². The summed E-state index contributed by atoms with van der Waals surface area (Å²) in [4.78, 5) is 25.9. The van der Waals surface area contributed by atoms with Crippen molar-refractivity contribution in [3.05, 3.63) is 12.2 Å². The van der Waals surface area contributed by atoms with Crippen LogP contribution in [0.15, 0.2) is 12.2 Å². The Morgan fingerprint density at radius 2 is 1.71 bits per heavy atom. The van der Waals surface area contributed by atoms with Gasteiger partial charge in [-0.25, -0.2) is 4.79 Å². The fourth-order valence-corrected chi connectivity index (χ4v) is 10.5. The second-order valence-corrected chi connectivity index (χ2v) is 13.8. The van der Waals surface area contributed by atoms with Gasteiger partial charge in [-0.15, -0.1) is 0 Å². The van der Waals surface area contributed by atoms with Gasteiger partial charge in [-0.2, -0.15) is 0 Å². The molecule has 6 fully saturated rings. The molecule has 6 nitrogen and oxygen atoms in total. The van der Waals surface area contributed by atoms with Crippen LogP contribution in [-0.4, -0.2) is 51.0 Å². The van der Waals surface area contributed by atoms with Gasteiger partial charge in [0.15, 0.2) is 11.4 Å². The Morgan fingerprint density at radius 1 is 0.971 bits per heavy atom. The number of rotatable bonds is 1. The number of carbonyl (C=O) groups excluding carboxylic acids is 2. The summed E-state index contributed by atoms with van der Waals surface area (Å²) in [6.07, 6.45) is 10.00. The summed E-state index contributed by atoms with van der Waals surface area (Å²) >= 11 is 0. The second kappa shape index (κ2) is 6.00. The number of carbonyl (C=O) groups is 2. The quantitative estimate of drug-likeness (QED) is 0.451. The van der Waals surface area contributed by atoms with Crippen molar-refractivity contribution in [3.8, 4) is 0 Å². The average Bonchev–Trinajstić information content (AvgIpc) is 3.27. The predicted octanol–water partition coefficient (Wildman–Crippen LogP) is 3.33. The summed E-state index contributed by atoms with van der Waals surface area (Å²) in [5.41, 5.74) is -4.13. The van der Waals surface area contributed by atoms with Crippen LogP contribution in [0.5, 0.6) is 0 Å². The molecule has 2 heterocycles. The van der Waals surface area contributed by atoms with Gasteiger partial charge in [0.1, 0.15) is 11.7 Å². The summed E-state index contributed by atoms with van der Waals surface area (Å²) in [5.74, 6) is 0.459. The molecular weight excluding hydrogens is 432 g/mol. The number of hydrogen-bond acceptors (Lipinski definition) is 6. The van der Waals surface area contributed by atoms with Gasteiger partial charge in [0.2, 0.25) is 0 Å². The Labute approximate surface area is 201 Å². The van der Waals surface area contributed by atoms with E-state index >= 15 is 0 Å². The highest BCUT2D eigenvalue weighted by Gasteiger charge is 2.79. The zero-order chi connectivity index (χ0) is 24.1. The molecule has 2 saturated heterocycles. The highest BCUT2D eigenvalue weighted by Crippen LogP contribution is 2.74. The lowest BCUT2D eigenvalue weighted by molar-refractivity contribution is -0.200. The largest absolute Gasteiger partial charge is 0.460 e. The van der Waals surface area contributed by atoms with Gasteiger partial charge < -0.3 is 19.7 Å². The van der Waals surface area contributed by atoms with Gasteiger partial charge in [0.05, 0.1) is 17.1 Å². The molecule has 7 aliphatic rings. The minimum atomic E-state index is -1.52. The fraction of sp³-hybridized carbons (Fsp3) is 0.857. The van der Waals surface area contributed by atoms with E-state index in [0.717, 1.165) is 32.1 Å². The van der Waals surface area contributed by atoms with E-state index in [4.69, 9.17) is 9.47 Å². The third-order valence-electron chi connectivity index (χ3n) is 13.0. The van der Waals surface area contributed by atoms with Crippen molar-refractivity contribution in [1.82, 2.24) is 0 Å². The first kappa shape index (κ1) is 22.0. The molecule has 7 rings (SSSR count). The molecule has 0 radical (unpaired) electrons. The van der Waals surface area contributed by atoms with E-state index < -0.39 is 28.0 Å². The number of aliphatic hydroxyl groups is 2. The first-order chi connectivity index (χ1) is 15.8.